The molecule has 0 N–H and O–H groups in total. The van der Waals surface area contributed by atoms with Crippen molar-refractivity contribution in [2.75, 3.05) is 0 Å². The molecule has 1 atom stereocenters. The van der Waals surface area contributed by atoms with E-state index in [2.05, 4.69) is 13.8 Å². The lowest BCUT2D eigenvalue weighted by Gasteiger charge is -2.36. The van der Waals surface area contributed by atoms with Gasteiger partial charge in [0, 0.05) is 0 Å². The fourth-order valence-corrected chi connectivity index (χ4v) is 4.94. The molecule has 118 valence electrons. The van der Waals surface area contributed by atoms with E-state index in [-0.39, 0.29) is 5.41 Å². The molecule has 0 saturated heterocycles. The quantitative estimate of drug-likeness (QED) is 0.470. The maximum Gasteiger partial charge on any atom is 0.394 e. The normalized spacial score (nSPS) is 34.6. The van der Waals surface area contributed by atoms with Gasteiger partial charge in [-0.1, -0.05) is 46.0 Å². The zero-order chi connectivity index (χ0) is 14.9. The molecule has 0 aliphatic heterocycles. The Kier molecular flexibility index (Phi) is 4.76. The summed E-state index contributed by atoms with van der Waals surface area (Å²) in [7, 11) is 0. The van der Waals surface area contributed by atoms with Gasteiger partial charge in [0.2, 0.25) is 0 Å². The molecular weight excluding hydrogens is 261 g/mol. The summed E-state index contributed by atoms with van der Waals surface area (Å²) in [5.41, 5.74) is -1.29. The SMILES string of the molecule is CCCCCC(CCC)C12CCC(C(F)(F)F)(CC1)C2. The van der Waals surface area contributed by atoms with Crippen LogP contribution < -0.4 is 0 Å². The van der Waals surface area contributed by atoms with Crippen molar-refractivity contribution in [1.82, 2.24) is 0 Å². The lowest BCUT2D eigenvalue weighted by atomic mass is 9.69. The molecule has 1 unspecified atom stereocenters. The number of rotatable bonds is 7. The van der Waals surface area contributed by atoms with Crippen LogP contribution >= 0.6 is 0 Å². The van der Waals surface area contributed by atoms with Gasteiger partial charge in [0.1, 0.15) is 0 Å². The topological polar surface area (TPSA) is 0 Å². The summed E-state index contributed by atoms with van der Waals surface area (Å²) in [5, 5.41) is 0. The summed E-state index contributed by atoms with van der Waals surface area (Å²) >= 11 is 0. The predicted octanol–water partition coefficient (Wildman–Crippen LogP) is 6.50. The Morgan fingerprint density at radius 3 is 2.00 bits per heavy atom. The summed E-state index contributed by atoms with van der Waals surface area (Å²) in [5.74, 6) is 0.533. The van der Waals surface area contributed by atoms with Gasteiger partial charge in [0.05, 0.1) is 5.41 Å². The first kappa shape index (κ1) is 16.2. The van der Waals surface area contributed by atoms with E-state index in [9.17, 15) is 13.2 Å². The van der Waals surface area contributed by atoms with Gasteiger partial charge in [-0.3, -0.25) is 0 Å². The van der Waals surface area contributed by atoms with Crippen LogP contribution in [0.5, 0.6) is 0 Å². The van der Waals surface area contributed by atoms with Gasteiger partial charge in [0.25, 0.3) is 0 Å². The van der Waals surface area contributed by atoms with Gasteiger partial charge >= 0.3 is 6.18 Å². The number of hydrogen-bond donors (Lipinski definition) is 0. The molecule has 2 fully saturated rings. The minimum absolute atomic E-state index is 0.0271. The molecule has 0 aromatic heterocycles. The molecule has 2 aliphatic rings. The van der Waals surface area contributed by atoms with Crippen LogP contribution in [0.15, 0.2) is 0 Å². The maximum atomic E-state index is 13.4. The highest BCUT2D eigenvalue weighted by Crippen LogP contribution is 2.70. The van der Waals surface area contributed by atoms with Gasteiger partial charge in [-0.25, -0.2) is 0 Å². The molecule has 0 heterocycles. The maximum absolute atomic E-state index is 13.4. The largest absolute Gasteiger partial charge is 0.394 e. The third-order valence-corrected chi connectivity index (χ3v) is 6.15. The average molecular weight is 290 g/mol. The fraction of sp³-hybridized carbons (Fsp3) is 1.00. The van der Waals surface area contributed by atoms with Gasteiger partial charge < -0.3 is 0 Å². The Labute approximate surface area is 121 Å². The molecule has 0 amide bonds. The number of hydrogen-bond acceptors (Lipinski definition) is 0. The van der Waals surface area contributed by atoms with Gasteiger partial charge in [-0.2, -0.15) is 13.2 Å². The first-order valence-corrected chi connectivity index (χ1v) is 8.46. The van der Waals surface area contributed by atoms with E-state index < -0.39 is 11.6 Å². The highest BCUT2D eigenvalue weighted by Gasteiger charge is 2.67. The Balaban J connectivity index is 2.07. The van der Waals surface area contributed by atoms with Crippen LogP contribution in [-0.4, -0.2) is 6.18 Å². The van der Waals surface area contributed by atoms with Crippen molar-refractivity contribution in [2.24, 2.45) is 16.7 Å². The van der Waals surface area contributed by atoms with Crippen molar-refractivity contribution >= 4 is 0 Å². The molecule has 3 heteroatoms. The van der Waals surface area contributed by atoms with Crippen LogP contribution in [-0.2, 0) is 0 Å². The van der Waals surface area contributed by atoms with Crippen LogP contribution in [0.2, 0.25) is 0 Å². The zero-order valence-corrected chi connectivity index (χ0v) is 13.0. The molecule has 0 aromatic carbocycles. The van der Waals surface area contributed by atoms with Crippen LogP contribution in [0.4, 0.5) is 13.2 Å². The molecule has 2 aliphatic carbocycles. The highest BCUT2D eigenvalue weighted by atomic mass is 19.4. The lowest BCUT2D eigenvalue weighted by Crippen LogP contribution is -2.33. The molecule has 0 radical (unpaired) electrons. The van der Waals surface area contributed by atoms with Crippen molar-refractivity contribution in [3.05, 3.63) is 0 Å². The third kappa shape index (κ3) is 2.74. The third-order valence-electron chi connectivity index (χ3n) is 6.15. The van der Waals surface area contributed by atoms with Gasteiger partial charge in [-0.05, 0) is 49.9 Å². The molecular formula is C17H29F3. The molecule has 0 nitrogen and oxygen atoms in total. The Morgan fingerprint density at radius 2 is 1.55 bits per heavy atom. The minimum Gasteiger partial charge on any atom is -0.171 e. The van der Waals surface area contributed by atoms with Gasteiger partial charge in [-0.15, -0.1) is 0 Å². The van der Waals surface area contributed by atoms with E-state index in [0.717, 1.165) is 32.1 Å². The van der Waals surface area contributed by atoms with Crippen LogP contribution in [0.1, 0.15) is 84.5 Å². The molecule has 0 aromatic rings. The Bertz CT molecular complexity index is 311. The summed E-state index contributed by atoms with van der Waals surface area (Å²) in [6, 6.07) is 0. The summed E-state index contributed by atoms with van der Waals surface area (Å²) in [6.45, 7) is 4.36. The molecule has 2 bridgehead atoms. The van der Waals surface area contributed by atoms with Crippen LogP contribution in [0.25, 0.3) is 0 Å². The number of fused-ring (bicyclic) bond motifs is 2. The second-order valence-corrected chi connectivity index (χ2v) is 7.30. The monoisotopic (exact) mass is 290 g/mol. The predicted molar refractivity (Wildman–Crippen MR) is 76.5 cm³/mol. The minimum atomic E-state index is -3.98. The smallest absolute Gasteiger partial charge is 0.171 e. The Morgan fingerprint density at radius 1 is 0.900 bits per heavy atom. The number of alkyl halides is 3. The van der Waals surface area contributed by atoms with Crippen molar-refractivity contribution in [2.45, 2.75) is 90.7 Å². The first-order chi connectivity index (χ1) is 9.39. The highest BCUT2D eigenvalue weighted by molar-refractivity contribution is 5.09. The summed E-state index contributed by atoms with van der Waals surface area (Å²) < 4.78 is 40.1. The number of unbranched alkanes of at least 4 members (excludes halogenated alkanes) is 2. The van der Waals surface area contributed by atoms with E-state index in [0.29, 0.717) is 25.2 Å². The van der Waals surface area contributed by atoms with Crippen molar-refractivity contribution in [1.29, 1.82) is 0 Å². The summed E-state index contributed by atoms with van der Waals surface area (Å²) in [4.78, 5) is 0. The van der Waals surface area contributed by atoms with Crippen molar-refractivity contribution in [3.8, 4) is 0 Å². The number of halogens is 3. The molecule has 2 saturated carbocycles. The average Bonchev–Trinajstić information content (AvgIpc) is 2.96. The molecule has 0 spiro atoms. The second kappa shape index (κ2) is 5.88. The van der Waals surface area contributed by atoms with Gasteiger partial charge in [0.15, 0.2) is 0 Å². The summed E-state index contributed by atoms with van der Waals surface area (Å²) in [6.07, 6.45) is 5.87. The van der Waals surface area contributed by atoms with Crippen molar-refractivity contribution < 1.29 is 13.2 Å². The molecule has 20 heavy (non-hydrogen) atoms. The fourth-order valence-electron chi connectivity index (χ4n) is 4.94. The standard InChI is InChI=1S/C17H29F3/c1-3-5-6-8-14(7-4-2)15-9-11-16(13-15,12-10-15)17(18,19)20/h14H,3-13H2,1-2H3. The van der Waals surface area contributed by atoms with E-state index in [1.54, 1.807) is 0 Å². The lowest BCUT2D eigenvalue weighted by molar-refractivity contribution is -0.220. The Hall–Kier alpha value is -0.210. The van der Waals surface area contributed by atoms with Crippen molar-refractivity contribution in [3.63, 3.8) is 0 Å². The zero-order valence-electron chi connectivity index (χ0n) is 13.0. The second-order valence-electron chi connectivity index (χ2n) is 7.30. The molecule has 2 rings (SSSR count). The van der Waals surface area contributed by atoms with E-state index in [1.165, 1.54) is 19.3 Å². The van der Waals surface area contributed by atoms with Crippen LogP contribution in [0, 0.1) is 16.7 Å². The first-order valence-electron chi connectivity index (χ1n) is 8.46. The van der Waals surface area contributed by atoms with E-state index in [4.69, 9.17) is 0 Å². The van der Waals surface area contributed by atoms with E-state index >= 15 is 0 Å². The van der Waals surface area contributed by atoms with E-state index in [1.807, 2.05) is 0 Å². The van der Waals surface area contributed by atoms with Crippen LogP contribution in [0.3, 0.4) is 0 Å².